The normalized spacial score (nSPS) is 20.8. The van der Waals surface area contributed by atoms with Crippen molar-refractivity contribution in [2.24, 2.45) is 11.7 Å². The first-order valence-electron chi connectivity index (χ1n) is 5.75. The lowest BCUT2D eigenvalue weighted by atomic mass is 9.91. The molecule has 1 atom stereocenters. The third kappa shape index (κ3) is 2.88. The van der Waals surface area contributed by atoms with E-state index in [1.165, 1.54) is 0 Å². The van der Waals surface area contributed by atoms with E-state index in [0.717, 1.165) is 30.8 Å². The largest absolute Gasteiger partial charge is 0.391 e. The molecule has 0 bridgehead atoms. The van der Waals surface area contributed by atoms with Gasteiger partial charge in [0.15, 0.2) is 0 Å². The van der Waals surface area contributed by atoms with Gasteiger partial charge in [-0.05, 0) is 25.0 Å². The van der Waals surface area contributed by atoms with Crippen LogP contribution in [0.1, 0.15) is 33.1 Å². The first-order valence-corrected chi connectivity index (χ1v) is 7.31. The molecule has 1 fully saturated rings. The van der Waals surface area contributed by atoms with Gasteiger partial charge in [0.2, 0.25) is 5.91 Å². The summed E-state index contributed by atoms with van der Waals surface area (Å²) in [6.45, 7) is 4.01. The summed E-state index contributed by atoms with van der Waals surface area (Å²) in [4.78, 5) is 12.4. The van der Waals surface area contributed by atoms with E-state index < -0.39 is 5.54 Å². The molecule has 1 unspecified atom stereocenters. The Morgan fingerprint density at radius 2 is 2.19 bits per heavy atom. The Hall–Kier alpha value is -0.290. The molecule has 0 spiro atoms. The van der Waals surface area contributed by atoms with Crippen molar-refractivity contribution in [1.29, 1.82) is 0 Å². The van der Waals surface area contributed by atoms with E-state index in [2.05, 4.69) is 5.32 Å². The van der Waals surface area contributed by atoms with Gasteiger partial charge in [0.25, 0.3) is 0 Å². The van der Waals surface area contributed by atoms with Gasteiger partial charge in [-0.25, -0.2) is 0 Å². The van der Waals surface area contributed by atoms with Crippen LogP contribution in [0.5, 0.6) is 0 Å². The fraction of sp³-hybridized carbons (Fsp3) is 0.818. The zero-order valence-electron chi connectivity index (χ0n) is 9.91. The molecular weight excluding hydrogens is 240 g/mol. The van der Waals surface area contributed by atoms with Crippen LogP contribution in [0.15, 0.2) is 0 Å². The molecule has 0 radical (unpaired) electrons. The summed E-state index contributed by atoms with van der Waals surface area (Å²) >= 11 is 6.91. The molecule has 3 N–H and O–H groups in total. The van der Waals surface area contributed by atoms with Gasteiger partial charge in [-0.3, -0.25) is 4.79 Å². The highest BCUT2D eigenvalue weighted by Crippen LogP contribution is 2.25. The molecule has 0 aromatic carbocycles. The Morgan fingerprint density at radius 1 is 1.56 bits per heavy atom. The second-order valence-corrected chi connectivity index (χ2v) is 5.79. The Balaban J connectivity index is 2.67. The lowest BCUT2D eigenvalue weighted by molar-refractivity contribution is -0.125. The molecule has 5 heteroatoms. The lowest BCUT2D eigenvalue weighted by Gasteiger charge is -2.32. The summed E-state index contributed by atoms with van der Waals surface area (Å²) in [5, 5.41) is 3.05. The maximum Gasteiger partial charge on any atom is 0.224 e. The van der Waals surface area contributed by atoms with Crippen molar-refractivity contribution >= 4 is 34.9 Å². The van der Waals surface area contributed by atoms with E-state index in [1.54, 1.807) is 0 Å². The van der Waals surface area contributed by atoms with Gasteiger partial charge < -0.3 is 11.1 Å². The molecule has 1 amide bonds. The fourth-order valence-electron chi connectivity index (χ4n) is 1.92. The molecule has 0 aromatic rings. The van der Waals surface area contributed by atoms with Crippen LogP contribution in [-0.4, -0.2) is 27.9 Å². The second-order valence-electron chi connectivity index (χ2n) is 4.20. The summed E-state index contributed by atoms with van der Waals surface area (Å²) in [6.07, 6.45) is 2.48. The minimum absolute atomic E-state index is 0.113. The van der Waals surface area contributed by atoms with Crippen LogP contribution in [0.3, 0.4) is 0 Å². The number of thioether (sulfide) groups is 1. The summed E-state index contributed by atoms with van der Waals surface area (Å²) in [7, 11) is 0. The molecule has 1 heterocycles. The van der Waals surface area contributed by atoms with Crippen LogP contribution in [0.2, 0.25) is 0 Å². The van der Waals surface area contributed by atoms with E-state index in [9.17, 15) is 4.79 Å². The number of thiocarbonyl (C=S) groups is 1. The highest BCUT2D eigenvalue weighted by atomic mass is 32.2. The van der Waals surface area contributed by atoms with Crippen molar-refractivity contribution in [1.82, 2.24) is 5.32 Å². The van der Waals surface area contributed by atoms with Gasteiger partial charge in [-0.15, -0.1) is 0 Å². The zero-order chi connectivity index (χ0) is 12.2. The monoisotopic (exact) mass is 260 g/mol. The van der Waals surface area contributed by atoms with E-state index in [-0.39, 0.29) is 11.8 Å². The van der Waals surface area contributed by atoms with Crippen LogP contribution in [0, 0.1) is 5.92 Å². The number of amides is 1. The highest BCUT2D eigenvalue weighted by molar-refractivity contribution is 7.99. The predicted octanol–water partition coefficient (Wildman–Crippen LogP) is 1.70. The predicted molar refractivity (Wildman–Crippen MR) is 73.7 cm³/mol. The number of nitrogens with one attached hydrogen (secondary N) is 1. The Morgan fingerprint density at radius 3 is 2.56 bits per heavy atom. The topological polar surface area (TPSA) is 55.1 Å². The maximum atomic E-state index is 12.0. The SMILES string of the molecule is CCC(CC)(NC(=O)C1CCSC1)C(N)=S. The molecule has 1 aliphatic rings. The molecule has 16 heavy (non-hydrogen) atoms. The van der Waals surface area contributed by atoms with Crippen LogP contribution in [-0.2, 0) is 4.79 Å². The quantitative estimate of drug-likeness (QED) is 0.739. The average Bonchev–Trinajstić information content (AvgIpc) is 2.78. The van der Waals surface area contributed by atoms with Gasteiger partial charge in [-0.1, -0.05) is 26.1 Å². The molecule has 1 aliphatic heterocycles. The summed E-state index contributed by atoms with van der Waals surface area (Å²) in [5.74, 6) is 2.25. The van der Waals surface area contributed by atoms with Crippen molar-refractivity contribution in [3.63, 3.8) is 0 Å². The fourth-order valence-corrected chi connectivity index (χ4v) is 3.48. The van der Waals surface area contributed by atoms with Crippen LogP contribution in [0.25, 0.3) is 0 Å². The standard InChI is InChI=1S/C11H20N2OS2/c1-3-11(4-2,10(12)15)13-9(14)8-5-6-16-7-8/h8H,3-7H2,1-2H3,(H2,12,15)(H,13,14). The van der Waals surface area contributed by atoms with Crippen LogP contribution >= 0.6 is 24.0 Å². The summed E-state index contributed by atoms with van der Waals surface area (Å²) in [5.41, 5.74) is 5.26. The number of hydrogen-bond acceptors (Lipinski definition) is 3. The zero-order valence-corrected chi connectivity index (χ0v) is 11.5. The molecule has 0 aromatic heterocycles. The number of nitrogens with two attached hydrogens (primary N) is 1. The molecule has 92 valence electrons. The number of carbonyl (C=O) groups is 1. The third-order valence-electron chi connectivity index (χ3n) is 3.34. The van der Waals surface area contributed by atoms with Crippen molar-refractivity contribution in [3.8, 4) is 0 Å². The first kappa shape index (κ1) is 13.8. The van der Waals surface area contributed by atoms with E-state index in [0.29, 0.717) is 4.99 Å². The van der Waals surface area contributed by atoms with Crippen LogP contribution < -0.4 is 11.1 Å². The highest BCUT2D eigenvalue weighted by Gasteiger charge is 2.34. The number of hydrogen-bond donors (Lipinski definition) is 2. The Labute approximate surface area is 107 Å². The molecule has 3 nitrogen and oxygen atoms in total. The average molecular weight is 260 g/mol. The first-order chi connectivity index (χ1) is 7.55. The number of rotatable bonds is 5. The van der Waals surface area contributed by atoms with Crippen molar-refractivity contribution in [2.75, 3.05) is 11.5 Å². The second kappa shape index (κ2) is 5.87. The van der Waals surface area contributed by atoms with Gasteiger partial charge >= 0.3 is 0 Å². The van der Waals surface area contributed by atoms with Gasteiger partial charge in [0, 0.05) is 11.7 Å². The molecule has 1 saturated heterocycles. The summed E-state index contributed by atoms with van der Waals surface area (Å²) in [6, 6.07) is 0. The van der Waals surface area contributed by atoms with E-state index in [4.69, 9.17) is 18.0 Å². The Bertz CT molecular complexity index is 271. The number of carbonyl (C=O) groups excluding carboxylic acids is 1. The van der Waals surface area contributed by atoms with Crippen molar-refractivity contribution in [3.05, 3.63) is 0 Å². The minimum Gasteiger partial charge on any atom is -0.391 e. The smallest absolute Gasteiger partial charge is 0.224 e. The van der Waals surface area contributed by atoms with E-state index in [1.807, 2.05) is 25.6 Å². The van der Waals surface area contributed by atoms with Crippen molar-refractivity contribution in [2.45, 2.75) is 38.6 Å². The van der Waals surface area contributed by atoms with Gasteiger partial charge in [0.1, 0.15) is 0 Å². The summed E-state index contributed by atoms with van der Waals surface area (Å²) < 4.78 is 0. The Kier molecular flexibility index (Phi) is 5.05. The van der Waals surface area contributed by atoms with Gasteiger partial charge in [-0.2, -0.15) is 11.8 Å². The molecule has 1 rings (SSSR count). The lowest BCUT2D eigenvalue weighted by Crippen LogP contribution is -2.57. The maximum absolute atomic E-state index is 12.0. The van der Waals surface area contributed by atoms with Crippen LogP contribution in [0.4, 0.5) is 0 Å². The van der Waals surface area contributed by atoms with Gasteiger partial charge in [0.05, 0.1) is 10.5 Å². The third-order valence-corrected chi connectivity index (χ3v) is 4.89. The van der Waals surface area contributed by atoms with Crippen molar-refractivity contribution < 1.29 is 4.79 Å². The minimum atomic E-state index is -0.486. The molecule has 0 saturated carbocycles. The van der Waals surface area contributed by atoms with E-state index >= 15 is 0 Å². The molecule has 0 aliphatic carbocycles. The molecular formula is C11H20N2OS2.